The predicted octanol–water partition coefficient (Wildman–Crippen LogP) is 15.9. The lowest BCUT2D eigenvalue weighted by Crippen LogP contribution is -2.28. The molecule has 0 N–H and O–H groups in total. The summed E-state index contributed by atoms with van der Waals surface area (Å²) in [7, 11) is 0. The fourth-order valence-corrected chi connectivity index (χ4v) is 11.4. The zero-order chi connectivity index (χ0) is 41.9. The number of nitrogens with zero attached hydrogens (tertiary/aromatic N) is 2. The Labute approximate surface area is 371 Å². The smallest absolute Gasteiger partial charge is 0.136 e. The molecule has 3 heteroatoms. The standard InChI is InChI=1S/C61H40N2O/c1-4-15-38(16-5-1)60-47-23-11-10-21-45(47)48-36-51-50-33-39(27-30-56(50)63(57(51)37-52(48)60)43-19-8-3-9-20-43)40-29-32-58-53(34-40)61-44(24-14-26-59(61)64-58)41-28-31-55-49(35-41)46-22-12-13-25-54(46)62(55)42-17-6-2-7-18-42/h1-37,46,54,60H. The van der Waals surface area contributed by atoms with Crippen molar-refractivity contribution in [2.24, 2.45) is 0 Å². The number of hydrogen-bond acceptors (Lipinski definition) is 2. The van der Waals surface area contributed by atoms with Gasteiger partial charge in [-0.1, -0.05) is 146 Å². The maximum atomic E-state index is 6.62. The summed E-state index contributed by atoms with van der Waals surface area (Å²) in [5, 5.41) is 4.77. The van der Waals surface area contributed by atoms with Crippen molar-refractivity contribution < 1.29 is 4.42 Å². The quantitative estimate of drug-likeness (QED) is 0.173. The van der Waals surface area contributed by atoms with E-state index in [0.717, 1.165) is 33.2 Å². The Morgan fingerprint density at radius 1 is 0.406 bits per heavy atom. The molecule has 3 unspecified atom stereocenters. The molecule has 11 aromatic rings. The molecule has 2 aliphatic carbocycles. The summed E-state index contributed by atoms with van der Waals surface area (Å²) in [5.41, 5.74) is 20.6. The monoisotopic (exact) mass is 816 g/mol. The van der Waals surface area contributed by atoms with Gasteiger partial charge in [-0.3, -0.25) is 0 Å². The van der Waals surface area contributed by atoms with Crippen LogP contribution in [0.15, 0.2) is 229 Å². The van der Waals surface area contributed by atoms with E-state index < -0.39 is 0 Å². The van der Waals surface area contributed by atoms with Gasteiger partial charge in [0.15, 0.2) is 0 Å². The Kier molecular flexibility index (Phi) is 7.58. The van der Waals surface area contributed by atoms with Gasteiger partial charge in [0, 0.05) is 50.4 Å². The van der Waals surface area contributed by atoms with E-state index in [2.05, 4.69) is 234 Å². The number of anilines is 2. The Hall–Kier alpha value is -8.14. The molecule has 0 radical (unpaired) electrons. The van der Waals surface area contributed by atoms with Gasteiger partial charge in [0.25, 0.3) is 0 Å². The summed E-state index contributed by atoms with van der Waals surface area (Å²) in [6, 6.07) is 74.0. The lowest BCUT2D eigenvalue weighted by atomic mass is 9.89. The molecule has 14 rings (SSSR count). The molecule has 9 aromatic carbocycles. The highest BCUT2D eigenvalue weighted by Crippen LogP contribution is 2.52. The first-order valence-corrected chi connectivity index (χ1v) is 22.4. The van der Waals surface area contributed by atoms with E-state index >= 15 is 0 Å². The van der Waals surface area contributed by atoms with Gasteiger partial charge < -0.3 is 13.9 Å². The molecule has 3 aliphatic rings. The van der Waals surface area contributed by atoms with E-state index in [1.54, 1.807) is 0 Å². The maximum absolute atomic E-state index is 6.62. The van der Waals surface area contributed by atoms with E-state index in [9.17, 15) is 0 Å². The topological polar surface area (TPSA) is 21.3 Å². The number of rotatable bonds is 5. The lowest BCUT2D eigenvalue weighted by molar-refractivity contribution is 0.669. The van der Waals surface area contributed by atoms with Crippen LogP contribution in [0.1, 0.15) is 34.1 Å². The zero-order valence-corrected chi connectivity index (χ0v) is 34.9. The van der Waals surface area contributed by atoms with Crippen molar-refractivity contribution in [3.05, 3.63) is 247 Å². The molecule has 0 saturated carbocycles. The van der Waals surface area contributed by atoms with Gasteiger partial charge in [0.1, 0.15) is 11.2 Å². The summed E-state index contributed by atoms with van der Waals surface area (Å²) in [6.07, 6.45) is 9.08. The van der Waals surface area contributed by atoms with Gasteiger partial charge >= 0.3 is 0 Å². The molecular formula is C61H40N2O. The summed E-state index contributed by atoms with van der Waals surface area (Å²) in [6.45, 7) is 0. The molecule has 0 saturated heterocycles. The van der Waals surface area contributed by atoms with Crippen LogP contribution in [0.3, 0.4) is 0 Å². The van der Waals surface area contributed by atoms with Crippen LogP contribution in [0.25, 0.3) is 82.8 Å². The fourth-order valence-electron chi connectivity index (χ4n) is 11.4. The number of fused-ring (bicyclic) bond motifs is 12. The molecule has 0 fully saturated rings. The van der Waals surface area contributed by atoms with E-state index in [1.807, 2.05) is 0 Å². The molecule has 0 amide bonds. The largest absolute Gasteiger partial charge is 0.456 e. The van der Waals surface area contributed by atoms with E-state index in [4.69, 9.17) is 4.42 Å². The van der Waals surface area contributed by atoms with Crippen molar-refractivity contribution in [1.82, 2.24) is 4.57 Å². The SMILES string of the molecule is C1=CC2c3cc(-c4cccc5oc6ccc(-c7ccc8c(c7)c7cc9c(cc7n8-c7ccccc7)C(c7ccccc7)c7ccccc7-9)cc6c45)ccc3N(c3ccccc3)C2C=C1. The molecule has 3 heterocycles. The lowest BCUT2D eigenvalue weighted by Gasteiger charge is -2.28. The Morgan fingerprint density at radius 2 is 1.09 bits per heavy atom. The number of para-hydroxylation sites is 2. The minimum atomic E-state index is 0.176. The van der Waals surface area contributed by atoms with Crippen LogP contribution in [0.4, 0.5) is 11.4 Å². The molecule has 0 spiro atoms. The van der Waals surface area contributed by atoms with Gasteiger partial charge in [0.05, 0.1) is 17.1 Å². The number of aromatic nitrogens is 1. The van der Waals surface area contributed by atoms with Crippen LogP contribution < -0.4 is 4.90 Å². The normalized spacial score (nSPS) is 17.1. The van der Waals surface area contributed by atoms with Crippen molar-refractivity contribution in [3.63, 3.8) is 0 Å². The Bertz CT molecular complexity index is 3740. The highest BCUT2D eigenvalue weighted by molar-refractivity contribution is 6.15. The van der Waals surface area contributed by atoms with Crippen LogP contribution in [0, 0.1) is 0 Å². The molecule has 300 valence electrons. The van der Waals surface area contributed by atoms with Crippen molar-refractivity contribution in [2.45, 2.75) is 17.9 Å². The van der Waals surface area contributed by atoms with Gasteiger partial charge in [-0.05, 0) is 134 Å². The first-order chi connectivity index (χ1) is 31.7. The van der Waals surface area contributed by atoms with Crippen LogP contribution >= 0.6 is 0 Å². The second-order valence-corrected chi connectivity index (χ2v) is 17.5. The van der Waals surface area contributed by atoms with Crippen molar-refractivity contribution in [2.75, 3.05) is 4.90 Å². The van der Waals surface area contributed by atoms with Crippen LogP contribution in [0.2, 0.25) is 0 Å². The average Bonchev–Trinajstić information content (AvgIpc) is 4.09. The third-order valence-electron chi connectivity index (χ3n) is 14.2. The molecule has 64 heavy (non-hydrogen) atoms. The van der Waals surface area contributed by atoms with Gasteiger partial charge in [-0.2, -0.15) is 0 Å². The molecule has 3 nitrogen and oxygen atoms in total. The highest BCUT2D eigenvalue weighted by atomic mass is 16.3. The predicted molar refractivity (Wildman–Crippen MR) is 265 cm³/mol. The van der Waals surface area contributed by atoms with Crippen molar-refractivity contribution >= 4 is 55.1 Å². The molecular weight excluding hydrogens is 777 g/mol. The van der Waals surface area contributed by atoms with Gasteiger partial charge in [-0.15, -0.1) is 0 Å². The van der Waals surface area contributed by atoms with E-state index in [0.29, 0.717) is 0 Å². The minimum absolute atomic E-state index is 0.176. The van der Waals surface area contributed by atoms with Gasteiger partial charge in [0.2, 0.25) is 0 Å². The van der Waals surface area contributed by atoms with Crippen molar-refractivity contribution in [3.8, 4) is 39.1 Å². The molecule has 3 atom stereocenters. The third kappa shape index (κ3) is 5.16. The first-order valence-electron chi connectivity index (χ1n) is 22.4. The Morgan fingerprint density at radius 3 is 1.94 bits per heavy atom. The third-order valence-corrected chi connectivity index (χ3v) is 14.2. The highest BCUT2D eigenvalue weighted by Gasteiger charge is 2.38. The second kappa shape index (κ2) is 13.7. The summed E-state index contributed by atoms with van der Waals surface area (Å²) < 4.78 is 9.07. The summed E-state index contributed by atoms with van der Waals surface area (Å²) in [5.74, 6) is 0.450. The molecule has 0 bridgehead atoms. The Balaban J connectivity index is 0.931. The molecule has 1 aliphatic heterocycles. The zero-order valence-electron chi connectivity index (χ0n) is 34.9. The first kappa shape index (κ1) is 35.5. The second-order valence-electron chi connectivity index (χ2n) is 17.5. The molecule has 2 aromatic heterocycles. The van der Waals surface area contributed by atoms with Crippen LogP contribution in [0.5, 0.6) is 0 Å². The summed E-state index contributed by atoms with van der Waals surface area (Å²) >= 11 is 0. The number of allylic oxidation sites excluding steroid dienone is 2. The van der Waals surface area contributed by atoms with E-state index in [-0.39, 0.29) is 17.9 Å². The fraction of sp³-hybridized carbons (Fsp3) is 0.0492. The minimum Gasteiger partial charge on any atom is -0.456 e. The van der Waals surface area contributed by atoms with E-state index in [1.165, 1.54) is 83.3 Å². The van der Waals surface area contributed by atoms with Crippen molar-refractivity contribution in [1.29, 1.82) is 0 Å². The number of benzene rings is 9. The number of hydrogen-bond donors (Lipinski definition) is 0. The average molecular weight is 817 g/mol. The summed E-state index contributed by atoms with van der Waals surface area (Å²) in [4.78, 5) is 2.49. The van der Waals surface area contributed by atoms with Crippen LogP contribution in [-0.2, 0) is 0 Å². The maximum Gasteiger partial charge on any atom is 0.136 e. The van der Waals surface area contributed by atoms with Gasteiger partial charge in [-0.25, -0.2) is 0 Å². The number of furan rings is 1. The van der Waals surface area contributed by atoms with Crippen LogP contribution in [-0.4, -0.2) is 10.6 Å².